The summed E-state index contributed by atoms with van der Waals surface area (Å²) in [5.41, 5.74) is -0.261. The third-order valence-electron chi connectivity index (χ3n) is 1.42. The van der Waals surface area contributed by atoms with Crippen molar-refractivity contribution < 1.29 is 19.1 Å². The zero-order chi connectivity index (χ0) is 11.3. The van der Waals surface area contributed by atoms with E-state index in [1.807, 2.05) is 0 Å². The Morgan fingerprint density at radius 1 is 1.27 bits per heavy atom. The van der Waals surface area contributed by atoms with Gasteiger partial charge in [0.1, 0.15) is 0 Å². The molecule has 78 valence electrons. The molecule has 0 spiro atoms. The fourth-order valence-electron chi connectivity index (χ4n) is 0.871. The molecule has 0 aliphatic heterocycles. The molecule has 0 saturated carbocycles. The van der Waals surface area contributed by atoms with Crippen LogP contribution < -0.4 is 0 Å². The Morgan fingerprint density at radius 2 is 1.87 bits per heavy atom. The van der Waals surface area contributed by atoms with E-state index in [2.05, 4.69) is 32.6 Å². The lowest BCUT2D eigenvalue weighted by molar-refractivity contribution is 0.0612. The van der Waals surface area contributed by atoms with Crippen LogP contribution in [0.2, 0.25) is 0 Å². The molecule has 1 rings (SSSR count). The van der Waals surface area contributed by atoms with Crippen LogP contribution in [0.1, 0.15) is 21.0 Å². The molecular formula is C9H8N2O4. The lowest BCUT2D eigenvalue weighted by atomic mass is 10.3. The average molecular weight is 208 g/mol. The van der Waals surface area contributed by atoms with E-state index in [4.69, 9.17) is 0 Å². The number of rotatable bonds is 4. The molecule has 0 aliphatic rings. The van der Waals surface area contributed by atoms with Crippen LogP contribution in [-0.2, 0) is 9.47 Å². The number of imidazole rings is 1. The first kappa shape index (κ1) is 10.7. The zero-order valence-corrected chi connectivity index (χ0v) is 7.73. The van der Waals surface area contributed by atoms with Gasteiger partial charge in [-0.15, -0.1) is 0 Å². The molecule has 6 heteroatoms. The molecule has 0 saturated heterocycles. The van der Waals surface area contributed by atoms with Crippen LogP contribution >= 0.6 is 0 Å². The Hall–Kier alpha value is -2.37. The second-order valence-corrected chi connectivity index (χ2v) is 2.27. The summed E-state index contributed by atoms with van der Waals surface area (Å²) in [7, 11) is 0. The Morgan fingerprint density at radius 3 is 2.47 bits per heavy atom. The van der Waals surface area contributed by atoms with Crippen molar-refractivity contribution in [1.82, 2.24) is 9.97 Å². The Bertz CT molecular complexity index is 371. The van der Waals surface area contributed by atoms with Crippen LogP contribution in [-0.4, -0.2) is 21.9 Å². The molecule has 0 bridgehead atoms. The highest BCUT2D eigenvalue weighted by Crippen LogP contribution is 2.06. The summed E-state index contributed by atoms with van der Waals surface area (Å²) in [5.74, 6) is -1.55. The van der Waals surface area contributed by atoms with E-state index < -0.39 is 11.9 Å². The van der Waals surface area contributed by atoms with Gasteiger partial charge >= 0.3 is 11.9 Å². The van der Waals surface area contributed by atoms with Gasteiger partial charge in [0.15, 0.2) is 11.4 Å². The molecule has 1 aromatic heterocycles. The zero-order valence-electron chi connectivity index (χ0n) is 7.73. The van der Waals surface area contributed by atoms with Crippen molar-refractivity contribution >= 4 is 11.9 Å². The van der Waals surface area contributed by atoms with Crippen molar-refractivity contribution in [2.75, 3.05) is 0 Å². The first-order chi connectivity index (χ1) is 7.20. The maximum Gasteiger partial charge on any atom is 0.364 e. The summed E-state index contributed by atoms with van der Waals surface area (Å²) in [5, 5.41) is 0. The predicted molar refractivity (Wildman–Crippen MR) is 49.8 cm³/mol. The van der Waals surface area contributed by atoms with Crippen molar-refractivity contribution in [2.24, 2.45) is 0 Å². The highest BCUT2D eigenvalue weighted by molar-refractivity contribution is 6.00. The third kappa shape index (κ3) is 2.31. The smallest absolute Gasteiger partial charge is 0.364 e. The van der Waals surface area contributed by atoms with E-state index in [1.165, 1.54) is 6.33 Å². The van der Waals surface area contributed by atoms with Gasteiger partial charge in [0.25, 0.3) is 0 Å². The van der Waals surface area contributed by atoms with Crippen molar-refractivity contribution in [3.8, 4) is 0 Å². The lowest BCUT2D eigenvalue weighted by Gasteiger charge is -1.98. The van der Waals surface area contributed by atoms with E-state index in [9.17, 15) is 9.59 Å². The van der Waals surface area contributed by atoms with Gasteiger partial charge in [-0.1, -0.05) is 13.2 Å². The third-order valence-corrected chi connectivity index (χ3v) is 1.42. The topological polar surface area (TPSA) is 81.3 Å². The molecule has 0 aliphatic carbocycles. The van der Waals surface area contributed by atoms with Crippen LogP contribution in [0.3, 0.4) is 0 Å². The monoisotopic (exact) mass is 208 g/mol. The Labute approximate surface area is 85.2 Å². The van der Waals surface area contributed by atoms with Crippen LogP contribution in [0.25, 0.3) is 0 Å². The second-order valence-electron chi connectivity index (χ2n) is 2.27. The van der Waals surface area contributed by atoms with Crippen LogP contribution in [0, 0.1) is 0 Å². The van der Waals surface area contributed by atoms with Gasteiger partial charge in [-0.2, -0.15) is 0 Å². The molecule has 1 heterocycles. The van der Waals surface area contributed by atoms with Gasteiger partial charge < -0.3 is 14.5 Å². The summed E-state index contributed by atoms with van der Waals surface area (Å²) < 4.78 is 8.94. The number of H-pyrrole nitrogens is 1. The van der Waals surface area contributed by atoms with Gasteiger partial charge in [-0.05, 0) is 0 Å². The van der Waals surface area contributed by atoms with Crippen LogP contribution in [0.5, 0.6) is 0 Å². The summed E-state index contributed by atoms with van der Waals surface area (Å²) in [6, 6.07) is 0. The predicted octanol–water partition coefficient (Wildman–Crippen LogP) is 1.01. The number of hydrogen-bond donors (Lipinski definition) is 1. The molecule has 0 unspecified atom stereocenters. The molecule has 0 radical (unpaired) electrons. The SMILES string of the molecule is C=COC(=O)c1nc[nH]c1C(=O)OC=C. The average Bonchev–Trinajstić information content (AvgIpc) is 2.66. The van der Waals surface area contributed by atoms with E-state index in [0.717, 1.165) is 12.5 Å². The van der Waals surface area contributed by atoms with E-state index in [0.29, 0.717) is 0 Å². The highest BCUT2D eigenvalue weighted by atomic mass is 16.5. The molecule has 6 nitrogen and oxygen atoms in total. The molecule has 0 aromatic carbocycles. The minimum absolute atomic E-state index is 0.0956. The van der Waals surface area contributed by atoms with Crippen molar-refractivity contribution in [3.63, 3.8) is 0 Å². The molecule has 0 atom stereocenters. The van der Waals surface area contributed by atoms with Crippen LogP contribution in [0.15, 0.2) is 32.0 Å². The number of carbonyl (C=O) groups is 2. The van der Waals surface area contributed by atoms with Crippen molar-refractivity contribution in [3.05, 3.63) is 43.4 Å². The molecule has 1 N–H and O–H groups in total. The van der Waals surface area contributed by atoms with E-state index >= 15 is 0 Å². The first-order valence-corrected chi connectivity index (χ1v) is 3.87. The summed E-state index contributed by atoms with van der Waals surface area (Å²) in [4.78, 5) is 28.5. The minimum atomic E-state index is -0.790. The Balaban J connectivity index is 2.95. The van der Waals surface area contributed by atoms with Gasteiger partial charge in [0.05, 0.1) is 18.9 Å². The molecule has 0 amide bonds. The normalized spacial score (nSPS) is 9.07. The van der Waals surface area contributed by atoms with Gasteiger partial charge in [0, 0.05) is 0 Å². The van der Waals surface area contributed by atoms with Gasteiger partial charge in [0.2, 0.25) is 0 Å². The van der Waals surface area contributed by atoms with E-state index in [1.54, 1.807) is 0 Å². The number of nitrogens with one attached hydrogen (secondary N) is 1. The maximum atomic E-state index is 11.2. The molecular weight excluding hydrogens is 200 g/mol. The maximum absolute atomic E-state index is 11.2. The number of hydrogen-bond acceptors (Lipinski definition) is 5. The fraction of sp³-hybridized carbons (Fsp3) is 0. The number of aromatic nitrogens is 2. The quantitative estimate of drug-likeness (QED) is 0.589. The molecule has 0 fully saturated rings. The van der Waals surface area contributed by atoms with Crippen molar-refractivity contribution in [1.29, 1.82) is 0 Å². The fourth-order valence-corrected chi connectivity index (χ4v) is 0.871. The van der Waals surface area contributed by atoms with E-state index in [-0.39, 0.29) is 11.4 Å². The summed E-state index contributed by atoms with van der Waals surface area (Å²) >= 11 is 0. The number of ether oxygens (including phenoxy) is 2. The highest BCUT2D eigenvalue weighted by Gasteiger charge is 2.21. The van der Waals surface area contributed by atoms with Gasteiger partial charge in [-0.3, -0.25) is 0 Å². The van der Waals surface area contributed by atoms with Crippen LogP contribution in [0.4, 0.5) is 0 Å². The summed E-state index contributed by atoms with van der Waals surface area (Å²) in [6.45, 7) is 6.42. The number of carbonyl (C=O) groups excluding carboxylic acids is 2. The number of aromatic amines is 1. The minimum Gasteiger partial charge on any atom is -0.430 e. The molecule has 15 heavy (non-hydrogen) atoms. The Kier molecular flexibility index (Phi) is 3.39. The lowest BCUT2D eigenvalue weighted by Crippen LogP contribution is -2.10. The summed E-state index contributed by atoms with van der Waals surface area (Å²) in [6.07, 6.45) is 3.07. The number of nitrogens with zero attached hydrogens (tertiary/aromatic N) is 1. The first-order valence-electron chi connectivity index (χ1n) is 3.87. The largest absolute Gasteiger partial charge is 0.430 e. The standard InChI is InChI=1S/C9H8N2O4/c1-3-14-8(12)6-7(11-5-10-6)9(13)15-4-2/h3-5H,1-2H2,(H,10,11). The van der Waals surface area contributed by atoms with Gasteiger partial charge in [-0.25, -0.2) is 14.6 Å². The molecule has 1 aromatic rings. The second kappa shape index (κ2) is 4.75. The number of esters is 2. The van der Waals surface area contributed by atoms with Crippen molar-refractivity contribution in [2.45, 2.75) is 0 Å².